The van der Waals surface area contributed by atoms with E-state index in [9.17, 15) is 0 Å². The zero-order chi connectivity index (χ0) is 12.3. The van der Waals surface area contributed by atoms with Gasteiger partial charge in [0.1, 0.15) is 0 Å². The first-order chi connectivity index (χ1) is 8.89. The molecule has 2 aliphatic carbocycles. The lowest BCUT2D eigenvalue weighted by molar-refractivity contribution is -0.0472. The highest BCUT2D eigenvalue weighted by molar-refractivity contribution is 5.13. The first-order valence-corrected chi connectivity index (χ1v) is 7.51. The summed E-state index contributed by atoms with van der Waals surface area (Å²) in [6.45, 7) is 1.77. The number of hydrogen-bond donors (Lipinski definition) is 0. The summed E-state index contributed by atoms with van der Waals surface area (Å²) in [4.78, 5) is 0. The lowest BCUT2D eigenvalue weighted by atomic mass is 9.55. The monoisotopic (exact) mass is 244 g/mol. The van der Waals surface area contributed by atoms with Crippen LogP contribution in [0, 0.1) is 11.3 Å². The molecule has 2 saturated carbocycles. The van der Waals surface area contributed by atoms with E-state index in [-0.39, 0.29) is 0 Å². The van der Waals surface area contributed by atoms with Crippen LogP contribution in [0.25, 0.3) is 0 Å². The van der Waals surface area contributed by atoms with Gasteiger partial charge in [-0.3, -0.25) is 0 Å². The Hall–Kier alpha value is -0.820. The molecule has 1 atom stereocenters. The maximum absolute atomic E-state index is 5.99. The summed E-state index contributed by atoms with van der Waals surface area (Å²) in [5, 5.41) is 0. The van der Waals surface area contributed by atoms with Crippen LogP contribution >= 0.6 is 0 Å². The summed E-state index contributed by atoms with van der Waals surface area (Å²) in [5.74, 6) is 0.837. The highest BCUT2D eigenvalue weighted by Gasteiger charge is 2.44. The highest BCUT2D eigenvalue weighted by atomic mass is 16.5. The van der Waals surface area contributed by atoms with Crippen LogP contribution in [-0.4, -0.2) is 6.61 Å². The standard InChI is InChI=1S/C17H24O/c1-2-7-15(8-3-1)13-18-14-16-9-4-5-10-17(16)11-6-12-17/h1-3,7-8,16H,4-6,9-14H2. The molecule has 98 valence electrons. The third-order valence-corrected chi connectivity index (χ3v) is 5.12. The fourth-order valence-electron chi connectivity index (χ4n) is 3.82. The molecular weight excluding hydrogens is 220 g/mol. The molecule has 3 rings (SSSR count). The zero-order valence-electron chi connectivity index (χ0n) is 11.2. The Bertz CT molecular complexity index is 366. The van der Waals surface area contributed by atoms with Crippen molar-refractivity contribution in [1.82, 2.24) is 0 Å². The van der Waals surface area contributed by atoms with Gasteiger partial charge >= 0.3 is 0 Å². The van der Waals surface area contributed by atoms with Crippen molar-refractivity contribution in [2.24, 2.45) is 11.3 Å². The van der Waals surface area contributed by atoms with Crippen LogP contribution < -0.4 is 0 Å². The second-order valence-electron chi connectivity index (χ2n) is 6.16. The number of benzene rings is 1. The predicted molar refractivity (Wildman–Crippen MR) is 74.3 cm³/mol. The van der Waals surface area contributed by atoms with Gasteiger partial charge in [0, 0.05) is 0 Å². The molecule has 1 spiro atoms. The Kier molecular flexibility index (Phi) is 3.69. The molecule has 1 nitrogen and oxygen atoms in total. The third-order valence-electron chi connectivity index (χ3n) is 5.12. The van der Waals surface area contributed by atoms with E-state index >= 15 is 0 Å². The van der Waals surface area contributed by atoms with E-state index in [1.807, 2.05) is 0 Å². The molecule has 0 radical (unpaired) electrons. The van der Waals surface area contributed by atoms with Crippen molar-refractivity contribution >= 4 is 0 Å². The van der Waals surface area contributed by atoms with Crippen molar-refractivity contribution in [2.75, 3.05) is 6.61 Å². The molecule has 0 aromatic heterocycles. The van der Waals surface area contributed by atoms with E-state index in [4.69, 9.17) is 4.74 Å². The Labute approximate surface area is 111 Å². The summed E-state index contributed by atoms with van der Waals surface area (Å²) in [6, 6.07) is 10.5. The Balaban J connectivity index is 1.50. The van der Waals surface area contributed by atoms with Gasteiger partial charge in [-0.1, -0.05) is 49.6 Å². The maximum Gasteiger partial charge on any atom is 0.0717 e. The molecule has 1 unspecified atom stereocenters. The third kappa shape index (κ3) is 2.47. The van der Waals surface area contributed by atoms with Crippen molar-refractivity contribution in [3.8, 4) is 0 Å². The van der Waals surface area contributed by atoms with Crippen LogP contribution in [0.4, 0.5) is 0 Å². The second kappa shape index (κ2) is 5.44. The molecule has 0 saturated heterocycles. The minimum absolute atomic E-state index is 0.689. The molecule has 0 amide bonds. The van der Waals surface area contributed by atoms with Gasteiger partial charge in [0.15, 0.2) is 0 Å². The van der Waals surface area contributed by atoms with Crippen LogP contribution in [0.1, 0.15) is 50.5 Å². The average Bonchev–Trinajstić information content (AvgIpc) is 2.39. The SMILES string of the molecule is c1ccc(COCC2CCCCC23CCC3)cc1. The van der Waals surface area contributed by atoms with Gasteiger partial charge in [-0.15, -0.1) is 0 Å². The van der Waals surface area contributed by atoms with Crippen LogP contribution in [0.15, 0.2) is 30.3 Å². The lowest BCUT2D eigenvalue weighted by Crippen LogP contribution is -2.41. The second-order valence-corrected chi connectivity index (χ2v) is 6.16. The number of rotatable bonds is 4. The first kappa shape index (κ1) is 12.2. The Morgan fingerprint density at radius 1 is 1.00 bits per heavy atom. The summed E-state index contributed by atoms with van der Waals surface area (Å²) < 4.78 is 5.99. The van der Waals surface area contributed by atoms with E-state index < -0.39 is 0 Å². The average molecular weight is 244 g/mol. The van der Waals surface area contributed by atoms with Crippen LogP contribution in [-0.2, 0) is 11.3 Å². The molecule has 1 aromatic carbocycles. The van der Waals surface area contributed by atoms with Gasteiger partial charge < -0.3 is 4.74 Å². The summed E-state index contributed by atoms with van der Waals surface area (Å²) in [6.07, 6.45) is 10.1. The van der Waals surface area contributed by atoms with Crippen LogP contribution in [0.2, 0.25) is 0 Å². The van der Waals surface area contributed by atoms with Crippen LogP contribution in [0.5, 0.6) is 0 Å². The molecule has 1 heteroatoms. The fourth-order valence-corrected chi connectivity index (χ4v) is 3.82. The van der Waals surface area contributed by atoms with E-state index in [0.717, 1.165) is 19.1 Å². The molecule has 0 N–H and O–H groups in total. The molecule has 18 heavy (non-hydrogen) atoms. The molecule has 0 bridgehead atoms. The minimum atomic E-state index is 0.689. The Morgan fingerprint density at radius 3 is 2.50 bits per heavy atom. The topological polar surface area (TPSA) is 9.23 Å². The van der Waals surface area contributed by atoms with Gasteiger partial charge in [0.05, 0.1) is 13.2 Å². The van der Waals surface area contributed by atoms with Crippen molar-refractivity contribution in [2.45, 2.75) is 51.6 Å². The minimum Gasteiger partial charge on any atom is -0.376 e. The number of hydrogen-bond acceptors (Lipinski definition) is 1. The van der Waals surface area contributed by atoms with E-state index in [1.165, 1.54) is 50.5 Å². The molecule has 0 aliphatic heterocycles. The normalized spacial score (nSPS) is 25.9. The van der Waals surface area contributed by atoms with Crippen molar-refractivity contribution in [3.05, 3.63) is 35.9 Å². The fraction of sp³-hybridized carbons (Fsp3) is 0.647. The molecular formula is C17H24O. The maximum atomic E-state index is 5.99. The van der Waals surface area contributed by atoms with E-state index in [2.05, 4.69) is 30.3 Å². The smallest absolute Gasteiger partial charge is 0.0717 e. The number of ether oxygens (including phenoxy) is 1. The summed E-state index contributed by atoms with van der Waals surface area (Å²) in [5.41, 5.74) is 1.99. The van der Waals surface area contributed by atoms with E-state index in [0.29, 0.717) is 5.41 Å². The zero-order valence-corrected chi connectivity index (χ0v) is 11.2. The van der Waals surface area contributed by atoms with Crippen LogP contribution in [0.3, 0.4) is 0 Å². The Morgan fingerprint density at radius 2 is 1.78 bits per heavy atom. The van der Waals surface area contributed by atoms with Crippen molar-refractivity contribution in [3.63, 3.8) is 0 Å². The molecule has 0 heterocycles. The van der Waals surface area contributed by atoms with Crippen molar-refractivity contribution in [1.29, 1.82) is 0 Å². The van der Waals surface area contributed by atoms with Gasteiger partial charge in [-0.05, 0) is 42.6 Å². The largest absolute Gasteiger partial charge is 0.376 e. The summed E-state index contributed by atoms with van der Waals surface area (Å²) >= 11 is 0. The van der Waals surface area contributed by atoms with Gasteiger partial charge in [0.2, 0.25) is 0 Å². The predicted octanol–water partition coefficient (Wildman–Crippen LogP) is 4.56. The molecule has 1 aromatic rings. The molecule has 2 aliphatic rings. The van der Waals surface area contributed by atoms with Gasteiger partial charge in [-0.2, -0.15) is 0 Å². The van der Waals surface area contributed by atoms with Gasteiger partial charge in [-0.25, -0.2) is 0 Å². The van der Waals surface area contributed by atoms with Crippen molar-refractivity contribution < 1.29 is 4.74 Å². The highest BCUT2D eigenvalue weighted by Crippen LogP contribution is 2.54. The quantitative estimate of drug-likeness (QED) is 0.754. The van der Waals surface area contributed by atoms with E-state index in [1.54, 1.807) is 0 Å². The molecule has 2 fully saturated rings. The first-order valence-electron chi connectivity index (χ1n) is 7.51. The lowest BCUT2D eigenvalue weighted by Gasteiger charge is -2.51. The van der Waals surface area contributed by atoms with Gasteiger partial charge in [0.25, 0.3) is 0 Å². The summed E-state index contributed by atoms with van der Waals surface area (Å²) in [7, 11) is 0.